The van der Waals surface area contributed by atoms with E-state index < -0.39 is 0 Å². The van der Waals surface area contributed by atoms with Crippen LogP contribution in [0.5, 0.6) is 0 Å². The largest absolute Gasteiger partial charge is 0.252 e. The van der Waals surface area contributed by atoms with E-state index in [0.29, 0.717) is 0 Å². The maximum Gasteiger partial charge on any atom is 0.0979 e. The third-order valence-corrected chi connectivity index (χ3v) is 16.0. The van der Waals surface area contributed by atoms with E-state index >= 15 is 0 Å². The highest BCUT2D eigenvalue weighted by Gasteiger charge is 2.21. The number of hydrogen-bond acceptors (Lipinski definition) is 3. The van der Waals surface area contributed by atoms with Crippen molar-refractivity contribution in [3.8, 4) is 89.1 Å². The van der Waals surface area contributed by atoms with Crippen LogP contribution in [-0.2, 0) is 6.42 Å². The lowest BCUT2D eigenvalue weighted by molar-refractivity contribution is 0.998. The molecule has 3 heteroatoms. The second kappa shape index (κ2) is 18.0. The highest BCUT2D eigenvalue weighted by atomic mass is 32.1. The van der Waals surface area contributed by atoms with Gasteiger partial charge in [0.1, 0.15) is 0 Å². The molecule has 0 radical (unpaired) electrons. The molecule has 2 nitrogen and oxygen atoms in total. The molecule has 2 aromatic heterocycles. The van der Waals surface area contributed by atoms with Crippen LogP contribution in [-0.4, -0.2) is 9.97 Å². The number of rotatable bonds is 8. The van der Waals surface area contributed by atoms with Gasteiger partial charge in [0, 0.05) is 47.8 Å². The predicted molar refractivity (Wildman–Crippen MR) is 311 cm³/mol. The van der Waals surface area contributed by atoms with Crippen molar-refractivity contribution in [1.29, 1.82) is 0 Å². The molecule has 2 heterocycles. The highest BCUT2D eigenvalue weighted by molar-refractivity contribution is 7.27. The van der Waals surface area contributed by atoms with Gasteiger partial charge < -0.3 is 0 Å². The van der Waals surface area contributed by atoms with Gasteiger partial charge in [-0.2, -0.15) is 0 Å². The Kier molecular flexibility index (Phi) is 10.6. The Bertz CT molecular complexity index is 4300. The van der Waals surface area contributed by atoms with Crippen LogP contribution in [0.15, 0.2) is 249 Å². The fourth-order valence-electron chi connectivity index (χ4n) is 11.1. The molecule has 0 spiro atoms. The van der Waals surface area contributed by atoms with E-state index in [1.165, 1.54) is 103 Å². The molecule has 0 atom stereocenters. The number of hydrogen-bond donors (Lipinski definition) is 0. The summed E-state index contributed by atoms with van der Waals surface area (Å²) in [5, 5.41) is 4.95. The minimum atomic E-state index is 0.869. The van der Waals surface area contributed by atoms with Crippen LogP contribution >= 0.6 is 11.3 Å². The maximum atomic E-state index is 5.38. The first-order chi connectivity index (χ1) is 36.2. The van der Waals surface area contributed by atoms with E-state index in [-0.39, 0.29) is 0 Å². The Morgan fingerprint density at radius 1 is 0.329 bits per heavy atom. The van der Waals surface area contributed by atoms with Gasteiger partial charge in [-0.25, -0.2) is 4.98 Å². The summed E-state index contributed by atoms with van der Waals surface area (Å²) < 4.78 is 2.55. The van der Waals surface area contributed by atoms with E-state index in [1.807, 2.05) is 17.5 Å². The Balaban J connectivity index is 0.946. The minimum absolute atomic E-state index is 0.869. The molecule has 13 aromatic rings. The summed E-state index contributed by atoms with van der Waals surface area (Å²) in [6.45, 7) is 0. The van der Waals surface area contributed by atoms with Crippen molar-refractivity contribution in [2.24, 2.45) is 0 Å². The topological polar surface area (TPSA) is 25.8 Å². The molecule has 0 aliphatic heterocycles. The van der Waals surface area contributed by atoms with Gasteiger partial charge in [-0.15, -0.1) is 11.3 Å². The molecule has 0 saturated heterocycles. The predicted octanol–water partition coefficient (Wildman–Crippen LogP) is 19.4. The Morgan fingerprint density at radius 3 is 1.36 bits per heavy atom. The van der Waals surface area contributed by atoms with Gasteiger partial charge in [0.05, 0.1) is 22.9 Å². The summed E-state index contributed by atoms with van der Waals surface area (Å²) in [6.07, 6.45) is 8.53. The van der Waals surface area contributed by atoms with Gasteiger partial charge in [0.15, 0.2) is 0 Å². The molecule has 0 amide bonds. The summed E-state index contributed by atoms with van der Waals surface area (Å²) in [5.74, 6) is 0. The molecule has 1 aliphatic carbocycles. The number of allylic oxidation sites excluding steroid dienone is 1. The molecule has 1 aliphatic rings. The number of aromatic nitrogens is 2. The van der Waals surface area contributed by atoms with Crippen LogP contribution in [0, 0.1) is 0 Å². The van der Waals surface area contributed by atoms with Crippen molar-refractivity contribution in [2.45, 2.75) is 12.8 Å². The Hall–Kier alpha value is -9.02. The molecule has 11 aromatic carbocycles. The zero-order valence-electron chi connectivity index (χ0n) is 40.0. The first-order valence-electron chi connectivity index (χ1n) is 25.2. The van der Waals surface area contributed by atoms with Crippen LogP contribution in [0.25, 0.3) is 137 Å². The van der Waals surface area contributed by atoms with Gasteiger partial charge in [-0.05, 0) is 139 Å². The van der Waals surface area contributed by atoms with Crippen molar-refractivity contribution in [2.75, 3.05) is 0 Å². The zero-order valence-corrected chi connectivity index (χ0v) is 40.8. The fraction of sp³-hybridized carbons (Fsp3) is 0.0286. The molecule has 0 N–H and O–H groups in total. The van der Waals surface area contributed by atoms with Gasteiger partial charge in [0.25, 0.3) is 0 Å². The monoisotopic (exact) mass is 946 g/mol. The number of fused-ring (bicyclic) bond motifs is 9. The molecular formula is C70H46N2S. The molecule has 14 rings (SSSR count). The third kappa shape index (κ3) is 7.74. The van der Waals surface area contributed by atoms with E-state index in [9.17, 15) is 0 Å². The summed E-state index contributed by atoms with van der Waals surface area (Å²) in [6, 6.07) is 86.6. The molecule has 0 fully saturated rings. The van der Waals surface area contributed by atoms with E-state index in [0.717, 1.165) is 51.6 Å². The number of aryl methyl sites for hydroxylation is 1. The zero-order chi connectivity index (χ0) is 48.2. The van der Waals surface area contributed by atoms with E-state index in [4.69, 9.17) is 9.97 Å². The van der Waals surface area contributed by atoms with Gasteiger partial charge >= 0.3 is 0 Å². The lowest BCUT2D eigenvalue weighted by Crippen LogP contribution is -2.00. The van der Waals surface area contributed by atoms with Gasteiger partial charge in [-0.3, -0.25) is 4.98 Å². The first-order valence-corrected chi connectivity index (χ1v) is 26.0. The number of nitrogens with zero attached hydrogens (tertiary/aromatic N) is 2. The number of thiophene rings is 1. The van der Waals surface area contributed by atoms with Crippen LogP contribution < -0.4 is 0 Å². The van der Waals surface area contributed by atoms with E-state index in [2.05, 4.69) is 249 Å². The average molecular weight is 947 g/mol. The normalized spacial score (nSPS) is 12.2. The lowest BCUT2D eigenvalue weighted by atomic mass is 9.90. The molecule has 73 heavy (non-hydrogen) atoms. The van der Waals surface area contributed by atoms with Crippen molar-refractivity contribution in [1.82, 2.24) is 9.97 Å². The summed E-state index contributed by atoms with van der Waals surface area (Å²) in [4.78, 5) is 10.5. The van der Waals surface area contributed by atoms with Crippen LogP contribution in [0.3, 0.4) is 0 Å². The highest BCUT2D eigenvalue weighted by Crippen LogP contribution is 2.48. The standard InChI is InChI=1S/C70H46N2S/c1-4-18-45(19-5-1)48-24-14-28-52(36-48)56-40-62(47-22-8-3-9-23-47)69-64(42-56)65-43-57(53-29-15-25-49(37-53)46-20-6-2-7-21-46)41-63(70(65)73-69)54-30-16-26-50(38-54)51-27-17-31-55(39-51)66-44-71-67-60-34-12-10-32-58(60)59-33-11-13-35-61(59)68(67)72-66/h1-9,11-31,33-44H,10,32H2. The SMILES string of the molecule is C1=Cc2c(c3ccccc3c3nc(-c4cccc(-c5cccc(-c6cc(-c7cccc(-c8ccccc8)c7)cc7c6sc6c(-c8ccccc8)cc(-c8cccc(-c9ccccc9)c8)cc67)c5)c4)cnc23)CC1. The second-order valence-electron chi connectivity index (χ2n) is 19.2. The Labute approximate surface area is 428 Å². The molecular weight excluding hydrogens is 901 g/mol. The molecule has 0 saturated carbocycles. The van der Waals surface area contributed by atoms with Gasteiger partial charge in [-0.1, -0.05) is 200 Å². The van der Waals surface area contributed by atoms with Crippen LogP contribution in [0.4, 0.5) is 0 Å². The van der Waals surface area contributed by atoms with Crippen molar-refractivity contribution in [3.63, 3.8) is 0 Å². The summed E-state index contributed by atoms with van der Waals surface area (Å²) in [7, 11) is 0. The maximum absolute atomic E-state index is 5.38. The summed E-state index contributed by atoms with van der Waals surface area (Å²) in [5.41, 5.74) is 23.1. The molecule has 0 unspecified atom stereocenters. The quantitative estimate of drug-likeness (QED) is 0.142. The summed E-state index contributed by atoms with van der Waals surface area (Å²) >= 11 is 1.90. The minimum Gasteiger partial charge on any atom is -0.252 e. The molecule has 0 bridgehead atoms. The smallest absolute Gasteiger partial charge is 0.0979 e. The second-order valence-corrected chi connectivity index (χ2v) is 20.2. The van der Waals surface area contributed by atoms with Gasteiger partial charge in [0.2, 0.25) is 0 Å². The first kappa shape index (κ1) is 42.8. The van der Waals surface area contributed by atoms with Crippen molar-refractivity contribution in [3.05, 3.63) is 260 Å². The van der Waals surface area contributed by atoms with Crippen molar-refractivity contribution >= 4 is 59.4 Å². The third-order valence-electron chi connectivity index (χ3n) is 14.7. The fourth-order valence-corrected chi connectivity index (χ4v) is 12.5. The average Bonchev–Trinajstić information content (AvgIpc) is 3.86. The van der Waals surface area contributed by atoms with Crippen LogP contribution in [0.2, 0.25) is 0 Å². The Morgan fingerprint density at radius 2 is 0.767 bits per heavy atom. The van der Waals surface area contributed by atoms with Crippen LogP contribution in [0.1, 0.15) is 17.5 Å². The lowest BCUT2D eigenvalue weighted by Gasteiger charge is -2.17. The van der Waals surface area contributed by atoms with Crippen molar-refractivity contribution < 1.29 is 0 Å². The number of benzene rings is 11. The molecule has 342 valence electrons. The van der Waals surface area contributed by atoms with E-state index in [1.54, 1.807) is 0 Å².